The predicted octanol–water partition coefficient (Wildman–Crippen LogP) is 4.38. The Kier molecular flexibility index (Phi) is 3.46. The molecule has 0 saturated heterocycles. The van der Waals surface area contributed by atoms with Crippen molar-refractivity contribution >= 4 is 18.2 Å². The average Bonchev–Trinajstić information content (AvgIpc) is 2.19. The smallest absolute Gasteiger partial charge is 0.00407 e. The average molecular weight is 218 g/mol. The molecule has 0 radical (unpaired) electrons. The van der Waals surface area contributed by atoms with E-state index in [1.807, 2.05) is 0 Å². The first-order valence-corrected chi connectivity index (χ1v) is 5.46. The molecule has 0 aliphatic rings. The Bertz CT molecular complexity index is 439. The van der Waals surface area contributed by atoms with Crippen LogP contribution in [0.5, 0.6) is 0 Å². The Morgan fingerprint density at radius 2 is 1.53 bits per heavy atom. The van der Waals surface area contributed by atoms with Crippen molar-refractivity contribution in [2.75, 3.05) is 0 Å². The van der Waals surface area contributed by atoms with Gasteiger partial charge in [-0.25, -0.2) is 0 Å². The lowest BCUT2D eigenvalue weighted by Gasteiger charge is -2.15. The zero-order valence-corrected chi connectivity index (χ0v) is 10.8. The van der Waals surface area contributed by atoms with Crippen LogP contribution in [0.25, 0.3) is 5.57 Å². The quantitative estimate of drug-likeness (QED) is 0.553. The molecule has 0 aromatic heterocycles. The van der Waals surface area contributed by atoms with Crippen LogP contribution in [0.1, 0.15) is 27.8 Å². The summed E-state index contributed by atoms with van der Waals surface area (Å²) in [6.45, 7) is 16.4. The molecule has 0 saturated carbocycles. The van der Waals surface area contributed by atoms with E-state index in [1.54, 1.807) is 0 Å². The summed E-state index contributed by atoms with van der Waals surface area (Å²) in [5, 5.41) is 0. The third-order valence-electron chi connectivity index (χ3n) is 3.15. The fraction of sp³-hybridized carbons (Fsp3) is 0.286. The van der Waals surface area contributed by atoms with Crippen LogP contribution in [-0.2, 0) is 0 Å². The molecule has 1 heteroatoms. The van der Waals surface area contributed by atoms with E-state index in [-0.39, 0.29) is 0 Å². The highest BCUT2D eigenvalue weighted by molar-refractivity contribution is 7.85. The molecule has 0 spiro atoms. The lowest BCUT2D eigenvalue weighted by Crippen LogP contribution is -1.97. The maximum atomic E-state index is 4.25. The second-order valence-electron chi connectivity index (χ2n) is 4.04. The van der Waals surface area contributed by atoms with Gasteiger partial charge in [-0.15, -0.1) is 12.6 Å². The van der Waals surface area contributed by atoms with Crippen molar-refractivity contribution < 1.29 is 0 Å². The molecule has 0 aliphatic heterocycles. The zero-order chi connectivity index (χ0) is 11.7. The SMILES string of the molecule is C=C(S)C(=C)c1cc(C)c(C)c(C)c1C. The van der Waals surface area contributed by atoms with E-state index < -0.39 is 0 Å². The van der Waals surface area contributed by atoms with Gasteiger partial charge in [0, 0.05) is 4.91 Å². The molecule has 0 N–H and O–H groups in total. The summed E-state index contributed by atoms with van der Waals surface area (Å²) in [5.74, 6) is 0. The summed E-state index contributed by atoms with van der Waals surface area (Å²) >= 11 is 4.25. The van der Waals surface area contributed by atoms with Crippen molar-refractivity contribution in [3.05, 3.63) is 51.9 Å². The molecule has 0 amide bonds. The standard InChI is InChI=1S/C14H18S/c1-8-7-14(12(5)13(6)15)11(4)10(3)9(8)2/h7,15H,5-6H2,1-4H3. The summed E-state index contributed by atoms with van der Waals surface area (Å²) in [6, 6.07) is 2.17. The first-order chi connectivity index (χ1) is 6.86. The van der Waals surface area contributed by atoms with E-state index in [0.29, 0.717) is 0 Å². The van der Waals surface area contributed by atoms with Crippen molar-refractivity contribution in [3.8, 4) is 0 Å². The normalized spacial score (nSPS) is 10.2. The molecular weight excluding hydrogens is 200 g/mol. The van der Waals surface area contributed by atoms with Crippen LogP contribution in [0, 0.1) is 27.7 Å². The fourth-order valence-corrected chi connectivity index (χ4v) is 1.80. The largest absolute Gasteiger partial charge is 0.143 e. The first-order valence-electron chi connectivity index (χ1n) is 5.01. The first kappa shape index (κ1) is 12.1. The number of hydrogen-bond donors (Lipinski definition) is 1. The topological polar surface area (TPSA) is 0 Å². The van der Waals surface area contributed by atoms with E-state index in [4.69, 9.17) is 0 Å². The molecule has 0 unspecified atom stereocenters. The third-order valence-corrected chi connectivity index (χ3v) is 3.42. The lowest BCUT2D eigenvalue weighted by molar-refractivity contribution is 1.20. The van der Waals surface area contributed by atoms with Gasteiger partial charge >= 0.3 is 0 Å². The van der Waals surface area contributed by atoms with Crippen LogP contribution in [-0.4, -0.2) is 0 Å². The third kappa shape index (κ3) is 2.18. The Morgan fingerprint density at radius 1 is 1.00 bits per heavy atom. The molecule has 0 fully saturated rings. The van der Waals surface area contributed by atoms with Gasteiger partial charge in [0.1, 0.15) is 0 Å². The van der Waals surface area contributed by atoms with Gasteiger partial charge in [-0.3, -0.25) is 0 Å². The molecule has 1 rings (SSSR count). The number of thiol groups is 1. The summed E-state index contributed by atoms with van der Waals surface area (Å²) in [6.07, 6.45) is 0. The van der Waals surface area contributed by atoms with Crippen LogP contribution in [0.4, 0.5) is 0 Å². The van der Waals surface area contributed by atoms with Gasteiger partial charge in [-0.05, 0) is 61.1 Å². The van der Waals surface area contributed by atoms with E-state index in [1.165, 1.54) is 22.3 Å². The van der Waals surface area contributed by atoms with E-state index in [2.05, 4.69) is 59.5 Å². The fourth-order valence-electron chi connectivity index (χ4n) is 1.68. The van der Waals surface area contributed by atoms with E-state index in [9.17, 15) is 0 Å². The minimum absolute atomic E-state index is 0.737. The molecule has 0 aliphatic carbocycles. The maximum Gasteiger partial charge on any atom is 0.00407 e. The Hall–Kier alpha value is -0.950. The highest BCUT2D eigenvalue weighted by Crippen LogP contribution is 2.30. The molecule has 0 heterocycles. The van der Waals surface area contributed by atoms with Crippen LogP contribution in [0.15, 0.2) is 24.1 Å². The van der Waals surface area contributed by atoms with Crippen LogP contribution in [0.3, 0.4) is 0 Å². The van der Waals surface area contributed by atoms with Gasteiger partial charge in [0.25, 0.3) is 0 Å². The van der Waals surface area contributed by atoms with Gasteiger partial charge in [-0.1, -0.05) is 19.2 Å². The Labute approximate surface area is 98.1 Å². The highest BCUT2D eigenvalue weighted by atomic mass is 32.1. The van der Waals surface area contributed by atoms with Crippen molar-refractivity contribution in [3.63, 3.8) is 0 Å². The highest BCUT2D eigenvalue weighted by Gasteiger charge is 2.09. The zero-order valence-electron chi connectivity index (χ0n) is 9.94. The van der Waals surface area contributed by atoms with E-state index in [0.717, 1.165) is 16.0 Å². The number of allylic oxidation sites excluding steroid dienone is 1. The minimum Gasteiger partial charge on any atom is -0.143 e. The van der Waals surface area contributed by atoms with Crippen molar-refractivity contribution in [2.45, 2.75) is 27.7 Å². The number of hydrogen-bond acceptors (Lipinski definition) is 1. The summed E-state index contributed by atoms with van der Waals surface area (Å²) < 4.78 is 0. The number of benzene rings is 1. The summed E-state index contributed by atoms with van der Waals surface area (Å²) in [5.41, 5.74) is 7.34. The summed E-state index contributed by atoms with van der Waals surface area (Å²) in [4.78, 5) is 0.737. The molecule has 0 bridgehead atoms. The number of aryl methyl sites for hydroxylation is 1. The predicted molar refractivity (Wildman–Crippen MR) is 72.6 cm³/mol. The second kappa shape index (κ2) is 4.28. The maximum absolute atomic E-state index is 4.25. The van der Waals surface area contributed by atoms with Gasteiger partial charge in [0.05, 0.1) is 0 Å². The van der Waals surface area contributed by atoms with Gasteiger partial charge in [0.2, 0.25) is 0 Å². The second-order valence-corrected chi connectivity index (χ2v) is 4.58. The Balaban J connectivity index is 3.45. The molecule has 0 atom stereocenters. The van der Waals surface area contributed by atoms with E-state index >= 15 is 0 Å². The molecule has 1 aromatic carbocycles. The van der Waals surface area contributed by atoms with Gasteiger partial charge in [-0.2, -0.15) is 0 Å². The molecule has 15 heavy (non-hydrogen) atoms. The monoisotopic (exact) mass is 218 g/mol. The molecule has 1 aromatic rings. The summed E-state index contributed by atoms with van der Waals surface area (Å²) in [7, 11) is 0. The lowest BCUT2D eigenvalue weighted by atomic mass is 9.91. The number of rotatable bonds is 2. The van der Waals surface area contributed by atoms with Crippen molar-refractivity contribution in [2.24, 2.45) is 0 Å². The Morgan fingerprint density at radius 3 is 2.00 bits per heavy atom. The van der Waals surface area contributed by atoms with Crippen LogP contribution in [0.2, 0.25) is 0 Å². The van der Waals surface area contributed by atoms with Crippen molar-refractivity contribution in [1.29, 1.82) is 0 Å². The van der Waals surface area contributed by atoms with Crippen LogP contribution >= 0.6 is 12.6 Å². The van der Waals surface area contributed by atoms with Crippen LogP contribution < -0.4 is 0 Å². The molecule has 80 valence electrons. The minimum atomic E-state index is 0.737. The van der Waals surface area contributed by atoms with Gasteiger partial charge in [0.15, 0.2) is 0 Å². The molecular formula is C14H18S. The van der Waals surface area contributed by atoms with Gasteiger partial charge < -0.3 is 0 Å². The van der Waals surface area contributed by atoms with Crippen molar-refractivity contribution in [1.82, 2.24) is 0 Å². The molecule has 0 nitrogen and oxygen atoms in total.